The normalized spacial score (nSPS) is 10.5. The Balaban J connectivity index is 2.29. The molecule has 1 aromatic heterocycles. The van der Waals surface area contributed by atoms with Crippen LogP contribution in [0.3, 0.4) is 0 Å². The average molecular weight is 206 g/mol. The van der Waals surface area contributed by atoms with Gasteiger partial charge in [-0.2, -0.15) is 0 Å². The van der Waals surface area contributed by atoms with E-state index in [-0.39, 0.29) is 5.82 Å². The van der Waals surface area contributed by atoms with Gasteiger partial charge in [0.2, 0.25) is 0 Å². The van der Waals surface area contributed by atoms with Gasteiger partial charge in [-0.25, -0.2) is 4.39 Å². The molecule has 0 aliphatic rings. The zero-order chi connectivity index (χ0) is 10.7. The van der Waals surface area contributed by atoms with Gasteiger partial charge in [-0.15, -0.1) is 0 Å². The molecule has 0 spiro atoms. The first-order chi connectivity index (χ1) is 7.29. The average Bonchev–Trinajstić information content (AvgIpc) is 2.67. The van der Waals surface area contributed by atoms with Crippen LogP contribution in [-0.4, -0.2) is 11.7 Å². The van der Waals surface area contributed by atoms with Gasteiger partial charge in [-0.3, -0.25) is 0 Å². The van der Waals surface area contributed by atoms with Crippen molar-refractivity contribution in [2.45, 2.75) is 6.42 Å². The molecular weight excluding hydrogens is 195 g/mol. The second-order valence-electron chi connectivity index (χ2n) is 3.23. The summed E-state index contributed by atoms with van der Waals surface area (Å²) in [4.78, 5) is 0. The molecule has 2 N–H and O–H groups in total. The lowest BCUT2D eigenvalue weighted by Gasteiger charge is -1.93. The van der Waals surface area contributed by atoms with Crippen LogP contribution in [0.15, 0.2) is 34.9 Å². The highest BCUT2D eigenvalue weighted by molar-refractivity contribution is 5.58. The smallest absolute Gasteiger partial charge is 0.138 e. The van der Waals surface area contributed by atoms with E-state index in [0.29, 0.717) is 24.2 Å². The maximum Gasteiger partial charge on any atom is 0.138 e. The summed E-state index contributed by atoms with van der Waals surface area (Å²) in [7, 11) is 0. The van der Waals surface area contributed by atoms with E-state index in [1.807, 2.05) is 0 Å². The number of benzene rings is 1. The summed E-state index contributed by atoms with van der Waals surface area (Å²) in [6.45, 7) is 0.512. The molecule has 4 heteroatoms. The molecule has 3 nitrogen and oxygen atoms in total. The van der Waals surface area contributed by atoms with Crippen molar-refractivity contribution in [2.24, 2.45) is 5.73 Å². The highest BCUT2D eigenvalue weighted by atomic mass is 19.1. The van der Waals surface area contributed by atoms with Gasteiger partial charge in [0.25, 0.3) is 0 Å². The minimum absolute atomic E-state index is 0.282. The van der Waals surface area contributed by atoms with Gasteiger partial charge in [0.1, 0.15) is 17.3 Å². The molecule has 0 fully saturated rings. The third kappa shape index (κ3) is 2.22. The first kappa shape index (κ1) is 9.86. The summed E-state index contributed by atoms with van der Waals surface area (Å²) in [6.07, 6.45) is 0.641. The number of halogens is 1. The van der Waals surface area contributed by atoms with Gasteiger partial charge in [-0.1, -0.05) is 17.3 Å². The summed E-state index contributed by atoms with van der Waals surface area (Å²) in [5, 5.41) is 3.85. The predicted octanol–water partition coefficient (Wildman–Crippen LogP) is 1.98. The molecule has 1 aromatic carbocycles. The summed E-state index contributed by atoms with van der Waals surface area (Å²) < 4.78 is 18.0. The summed E-state index contributed by atoms with van der Waals surface area (Å²) in [5.74, 6) is 0.438. The fourth-order valence-electron chi connectivity index (χ4n) is 1.36. The van der Waals surface area contributed by atoms with Crippen LogP contribution < -0.4 is 5.73 Å². The second-order valence-corrected chi connectivity index (χ2v) is 3.23. The second kappa shape index (κ2) is 4.23. The van der Waals surface area contributed by atoms with E-state index in [4.69, 9.17) is 10.3 Å². The molecule has 2 aromatic rings. The maximum absolute atomic E-state index is 12.9. The van der Waals surface area contributed by atoms with Crippen LogP contribution in [0.5, 0.6) is 0 Å². The summed E-state index contributed by atoms with van der Waals surface area (Å²) in [5.41, 5.74) is 6.73. The summed E-state index contributed by atoms with van der Waals surface area (Å²) in [6, 6.07) is 8.02. The Labute approximate surface area is 86.7 Å². The highest BCUT2D eigenvalue weighted by Crippen LogP contribution is 2.19. The molecule has 2 rings (SSSR count). The first-order valence-corrected chi connectivity index (χ1v) is 4.71. The van der Waals surface area contributed by atoms with Crippen molar-refractivity contribution in [3.63, 3.8) is 0 Å². The Bertz CT molecular complexity index is 453. The van der Waals surface area contributed by atoms with Gasteiger partial charge in [0, 0.05) is 18.1 Å². The fourth-order valence-corrected chi connectivity index (χ4v) is 1.36. The number of hydrogen-bond donors (Lipinski definition) is 1. The van der Waals surface area contributed by atoms with E-state index in [1.165, 1.54) is 12.1 Å². The van der Waals surface area contributed by atoms with Crippen molar-refractivity contribution < 1.29 is 8.91 Å². The van der Waals surface area contributed by atoms with E-state index >= 15 is 0 Å². The molecule has 0 saturated carbocycles. The van der Waals surface area contributed by atoms with Crippen LogP contribution in [0.4, 0.5) is 4.39 Å². The van der Waals surface area contributed by atoms with Crippen molar-refractivity contribution >= 4 is 0 Å². The number of hydrogen-bond acceptors (Lipinski definition) is 3. The Morgan fingerprint density at radius 3 is 2.93 bits per heavy atom. The van der Waals surface area contributed by atoms with Crippen molar-refractivity contribution in [1.29, 1.82) is 0 Å². The lowest BCUT2D eigenvalue weighted by molar-refractivity contribution is 0.386. The zero-order valence-corrected chi connectivity index (χ0v) is 8.11. The maximum atomic E-state index is 12.9. The molecule has 0 bridgehead atoms. The SMILES string of the molecule is NCCc1cc(-c2cccc(F)c2)no1. The standard InChI is InChI=1S/C11H11FN2O/c12-9-3-1-2-8(6-9)11-7-10(4-5-13)15-14-11/h1-3,6-7H,4-5,13H2. The fraction of sp³-hybridized carbons (Fsp3) is 0.182. The quantitative estimate of drug-likeness (QED) is 0.835. The number of nitrogens with two attached hydrogens (primary N) is 1. The van der Waals surface area contributed by atoms with Crippen molar-refractivity contribution in [2.75, 3.05) is 6.54 Å². The molecule has 0 amide bonds. The molecule has 0 unspecified atom stereocenters. The molecule has 78 valence electrons. The molecule has 15 heavy (non-hydrogen) atoms. The summed E-state index contributed by atoms with van der Waals surface area (Å²) >= 11 is 0. The van der Waals surface area contributed by atoms with E-state index in [0.717, 1.165) is 5.76 Å². The minimum Gasteiger partial charge on any atom is -0.361 e. The van der Waals surface area contributed by atoms with Crippen LogP contribution in [0.25, 0.3) is 11.3 Å². The topological polar surface area (TPSA) is 52.0 Å². The number of nitrogens with zero attached hydrogens (tertiary/aromatic N) is 1. The lowest BCUT2D eigenvalue weighted by Crippen LogP contribution is -2.01. The van der Waals surface area contributed by atoms with Crippen LogP contribution in [-0.2, 0) is 6.42 Å². The number of rotatable bonds is 3. The third-order valence-electron chi connectivity index (χ3n) is 2.07. The van der Waals surface area contributed by atoms with Crippen LogP contribution in [0.1, 0.15) is 5.76 Å². The Morgan fingerprint density at radius 1 is 1.33 bits per heavy atom. The van der Waals surface area contributed by atoms with Crippen LogP contribution in [0.2, 0.25) is 0 Å². The van der Waals surface area contributed by atoms with Gasteiger partial charge < -0.3 is 10.3 Å². The molecule has 0 aliphatic carbocycles. The molecule has 0 saturated heterocycles. The predicted molar refractivity (Wildman–Crippen MR) is 54.7 cm³/mol. The van der Waals surface area contributed by atoms with E-state index < -0.39 is 0 Å². The molecule has 0 atom stereocenters. The van der Waals surface area contributed by atoms with Crippen LogP contribution >= 0.6 is 0 Å². The van der Waals surface area contributed by atoms with Crippen LogP contribution in [0, 0.1) is 5.82 Å². The van der Waals surface area contributed by atoms with E-state index in [2.05, 4.69) is 5.16 Å². The van der Waals surface area contributed by atoms with Crippen molar-refractivity contribution in [1.82, 2.24) is 5.16 Å². The molecule has 1 heterocycles. The van der Waals surface area contributed by atoms with Gasteiger partial charge >= 0.3 is 0 Å². The Morgan fingerprint density at radius 2 is 2.20 bits per heavy atom. The zero-order valence-electron chi connectivity index (χ0n) is 8.11. The largest absolute Gasteiger partial charge is 0.361 e. The Hall–Kier alpha value is -1.68. The van der Waals surface area contributed by atoms with Crippen molar-refractivity contribution in [3.8, 4) is 11.3 Å². The van der Waals surface area contributed by atoms with Gasteiger partial charge in [-0.05, 0) is 18.7 Å². The third-order valence-corrected chi connectivity index (χ3v) is 2.07. The monoisotopic (exact) mass is 206 g/mol. The molecule has 0 aliphatic heterocycles. The molecule has 0 radical (unpaired) electrons. The lowest BCUT2D eigenvalue weighted by atomic mass is 10.1. The van der Waals surface area contributed by atoms with Gasteiger partial charge in [0.15, 0.2) is 0 Å². The van der Waals surface area contributed by atoms with E-state index in [1.54, 1.807) is 18.2 Å². The first-order valence-electron chi connectivity index (χ1n) is 4.71. The highest BCUT2D eigenvalue weighted by Gasteiger charge is 2.06. The Kier molecular flexibility index (Phi) is 2.78. The number of aromatic nitrogens is 1. The van der Waals surface area contributed by atoms with E-state index in [9.17, 15) is 4.39 Å². The van der Waals surface area contributed by atoms with Crippen molar-refractivity contribution in [3.05, 3.63) is 41.9 Å². The van der Waals surface area contributed by atoms with Gasteiger partial charge in [0.05, 0.1) is 0 Å². The molecular formula is C11H11FN2O. The minimum atomic E-state index is -0.282.